The summed E-state index contributed by atoms with van der Waals surface area (Å²) in [6.45, 7) is 8.31. The Kier molecular flexibility index (Phi) is 9.24. The maximum atomic E-state index is 13.2. The van der Waals surface area contributed by atoms with Crippen molar-refractivity contribution in [3.05, 3.63) is 76.9 Å². The van der Waals surface area contributed by atoms with Crippen LogP contribution in [0.3, 0.4) is 0 Å². The molecule has 8 nitrogen and oxygen atoms in total. The van der Waals surface area contributed by atoms with Gasteiger partial charge in [0.25, 0.3) is 5.91 Å². The van der Waals surface area contributed by atoms with Crippen LogP contribution in [0.2, 0.25) is 0 Å². The molecule has 0 fully saturated rings. The van der Waals surface area contributed by atoms with Crippen molar-refractivity contribution in [2.75, 3.05) is 11.9 Å². The Morgan fingerprint density at radius 2 is 1.76 bits per heavy atom. The largest absolute Gasteiger partial charge is 0.349 e. The van der Waals surface area contributed by atoms with Gasteiger partial charge in [-0.2, -0.15) is 5.26 Å². The average molecular weight is 522 g/mol. The highest BCUT2D eigenvalue weighted by Crippen LogP contribution is 2.30. The molecule has 0 aliphatic rings. The number of rotatable bonds is 11. The minimum absolute atomic E-state index is 0.0244. The Morgan fingerprint density at radius 3 is 2.38 bits per heavy atom. The first-order chi connectivity index (χ1) is 17.5. The summed E-state index contributed by atoms with van der Waals surface area (Å²) in [5.74, 6) is 0.464. The second-order valence-electron chi connectivity index (χ2n) is 10.1. The molecule has 0 radical (unpaired) electrons. The maximum Gasteiger partial charge on any atom is 0.255 e. The number of anilines is 1. The van der Waals surface area contributed by atoms with E-state index in [9.17, 15) is 13.2 Å². The van der Waals surface area contributed by atoms with E-state index in [2.05, 4.69) is 20.0 Å². The summed E-state index contributed by atoms with van der Waals surface area (Å²) in [7, 11) is -3.85. The van der Waals surface area contributed by atoms with Crippen molar-refractivity contribution >= 4 is 21.6 Å². The van der Waals surface area contributed by atoms with Crippen LogP contribution in [-0.2, 0) is 21.9 Å². The van der Waals surface area contributed by atoms with Crippen LogP contribution < -0.4 is 10.0 Å². The van der Waals surface area contributed by atoms with E-state index in [1.807, 2.05) is 40.0 Å². The van der Waals surface area contributed by atoms with E-state index in [1.165, 1.54) is 0 Å². The summed E-state index contributed by atoms with van der Waals surface area (Å²) >= 11 is 0. The highest BCUT2D eigenvalue weighted by molar-refractivity contribution is 7.89. The first kappa shape index (κ1) is 28.1. The van der Waals surface area contributed by atoms with E-state index in [1.54, 1.807) is 42.5 Å². The molecule has 0 aliphatic carbocycles. The number of H-pyrrole nitrogens is 1. The number of imidazole rings is 1. The van der Waals surface area contributed by atoms with Gasteiger partial charge in [0.15, 0.2) is 0 Å². The monoisotopic (exact) mass is 521 g/mol. The van der Waals surface area contributed by atoms with Crippen molar-refractivity contribution in [3.8, 4) is 6.07 Å². The van der Waals surface area contributed by atoms with Crippen molar-refractivity contribution in [2.24, 2.45) is 0 Å². The van der Waals surface area contributed by atoms with Crippen LogP contribution in [0.1, 0.15) is 79.5 Å². The first-order valence-electron chi connectivity index (χ1n) is 12.5. The molecule has 1 heterocycles. The number of benzene rings is 2. The summed E-state index contributed by atoms with van der Waals surface area (Å²) in [4.78, 5) is 20.4. The van der Waals surface area contributed by atoms with Gasteiger partial charge in [-0.1, -0.05) is 39.7 Å². The molecular weight excluding hydrogens is 486 g/mol. The molecule has 0 aliphatic heterocycles. The van der Waals surface area contributed by atoms with Gasteiger partial charge in [0.05, 0.1) is 23.0 Å². The minimum Gasteiger partial charge on any atom is -0.349 e. The van der Waals surface area contributed by atoms with Crippen molar-refractivity contribution in [1.29, 1.82) is 5.26 Å². The van der Waals surface area contributed by atoms with Gasteiger partial charge in [-0.3, -0.25) is 4.79 Å². The Hall–Kier alpha value is -3.48. The normalized spacial score (nSPS) is 11.8. The molecule has 0 atom stereocenters. The molecule has 0 bridgehead atoms. The van der Waals surface area contributed by atoms with E-state index in [-0.39, 0.29) is 16.0 Å². The summed E-state index contributed by atoms with van der Waals surface area (Å²) in [5.41, 5.74) is 2.71. The van der Waals surface area contributed by atoms with E-state index in [4.69, 9.17) is 5.26 Å². The number of nitrogens with zero attached hydrogens (tertiary/aromatic N) is 2. The van der Waals surface area contributed by atoms with Crippen LogP contribution >= 0.6 is 0 Å². The lowest BCUT2D eigenvalue weighted by Gasteiger charge is -2.22. The van der Waals surface area contributed by atoms with Gasteiger partial charge in [-0.05, 0) is 73.6 Å². The van der Waals surface area contributed by atoms with Gasteiger partial charge in [-0.15, -0.1) is 0 Å². The zero-order chi connectivity index (χ0) is 27.1. The molecule has 1 aromatic heterocycles. The van der Waals surface area contributed by atoms with Crippen molar-refractivity contribution < 1.29 is 13.2 Å². The van der Waals surface area contributed by atoms with Crippen LogP contribution in [0.4, 0.5) is 5.69 Å². The molecule has 2 aromatic carbocycles. The fourth-order valence-electron chi connectivity index (χ4n) is 3.88. The van der Waals surface area contributed by atoms with E-state index < -0.39 is 15.9 Å². The number of sulfonamides is 1. The van der Waals surface area contributed by atoms with Gasteiger partial charge in [0.2, 0.25) is 10.0 Å². The zero-order valence-electron chi connectivity index (χ0n) is 21.9. The number of carbonyl (C=O) groups excluding carboxylic acids is 1. The highest BCUT2D eigenvalue weighted by atomic mass is 32.2. The number of hydrogen-bond donors (Lipinski definition) is 3. The van der Waals surface area contributed by atoms with Gasteiger partial charge < -0.3 is 10.3 Å². The number of nitriles is 1. The summed E-state index contributed by atoms with van der Waals surface area (Å²) < 4.78 is 29.0. The molecule has 0 spiro atoms. The van der Waals surface area contributed by atoms with Gasteiger partial charge >= 0.3 is 0 Å². The second kappa shape index (κ2) is 12.2. The van der Waals surface area contributed by atoms with Crippen LogP contribution in [0.25, 0.3) is 0 Å². The lowest BCUT2D eigenvalue weighted by molar-refractivity contribution is 0.102. The number of nitrogens with one attached hydrogen (secondary N) is 3. The van der Waals surface area contributed by atoms with Gasteiger partial charge in [0, 0.05) is 18.3 Å². The lowest BCUT2D eigenvalue weighted by atomic mass is 9.87. The number of aromatic amines is 1. The second-order valence-corrected chi connectivity index (χ2v) is 11.9. The van der Waals surface area contributed by atoms with Crippen LogP contribution in [0, 0.1) is 18.3 Å². The molecule has 0 saturated carbocycles. The SMILES string of the molecule is Cc1nc(CCCCCCNS(=O)(=O)c2ccc(C(C)(C)C)cc2NC(=O)c2ccc(C#N)cc2)c[nH]1. The summed E-state index contributed by atoms with van der Waals surface area (Å²) in [5, 5.41) is 11.8. The number of unbranched alkanes of at least 4 members (excludes halogenated alkanes) is 3. The number of aryl methyl sites for hydroxylation is 2. The highest BCUT2D eigenvalue weighted by Gasteiger charge is 2.23. The molecule has 37 heavy (non-hydrogen) atoms. The molecule has 0 unspecified atom stereocenters. The van der Waals surface area contributed by atoms with E-state index >= 15 is 0 Å². The fraction of sp³-hybridized carbons (Fsp3) is 0.393. The zero-order valence-corrected chi connectivity index (χ0v) is 22.7. The Balaban J connectivity index is 1.65. The van der Waals surface area contributed by atoms with Crippen LogP contribution in [-0.4, -0.2) is 30.8 Å². The topological polar surface area (TPSA) is 128 Å². The van der Waals surface area contributed by atoms with E-state index in [0.717, 1.165) is 42.8 Å². The van der Waals surface area contributed by atoms with Crippen molar-refractivity contribution in [3.63, 3.8) is 0 Å². The maximum absolute atomic E-state index is 13.2. The molecule has 3 aromatic rings. The third-order valence-corrected chi connectivity index (χ3v) is 7.59. The fourth-order valence-corrected chi connectivity index (χ4v) is 5.10. The predicted molar refractivity (Wildman–Crippen MR) is 145 cm³/mol. The van der Waals surface area contributed by atoms with Crippen LogP contribution in [0.15, 0.2) is 53.6 Å². The standard InChI is InChI=1S/C28H35N5O3S/c1-20-30-19-24(32-20)9-7-5-6-8-16-31-37(35,36)26-15-14-23(28(2,3)4)17-25(26)33-27(34)22-12-10-21(18-29)11-13-22/h10-15,17,19,31H,5-9,16H2,1-4H3,(H,30,32)(H,33,34). The number of carbonyl (C=O) groups is 1. The molecule has 3 rings (SSSR count). The van der Waals surface area contributed by atoms with Gasteiger partial charge in [-0.25, -0.2) is 18.1 Å². The third kappa shape index (κ3) is 8.00. The molecular formula is C28H35N5O3S. The number of amides is 1. The van der Waals surface area contributed by atoms with Crippen LogP contribution in [0.5, 0.6) is 0 Å². The average Bonchev–Trinajstić information content (AvgIpc) is 3.27. The predicted octanol–water partition coefficient (Wildman–Crippen LogP) is 5.22. The molecule has 9 heteroatoms. The van der Waals surface area contributed by atoms with Crippen molar-refractivity contribution in [1.82, 2.24) is 14.7 Å². The lowest BCUT2D eigenvalue weighted by Crippen LogP contribution is -2.27. The number of hydrogen-bond acceptors (Lipinski definition) is 5. The third-order valence-electron chi connectivity index (χ3n) is 6.07. The van der Waals surface area contributed by atoms with E-state index in [0.29, 0.717) is 24.1 Å². The molecule has 0 saturated heterocycles. The number of aromatic nitrogens is 2. The minimum atomic E-state index is -3.85. The summed E-state index contributed by atoms with van der Waals surface area (Å²) in [6, 6.07) is 13.2. The Bertz CT molecular complexity index is 1360. The Morgan fingerprint density at radius 1 is 1.05 bits per heavy atom. The summed E-state index contributed by atoms with van der Waals surface area (Å²) in [6.07, 6.45) is 6.42. The Labute approximate surface area is 219 Å². The quantitative estimate of drug-likeness (QED) is 0.298. The first-order valence-corrected chi connectivity index (χ1v) is 13.9. The smallest absolute Gasteiger partial charge is 0.255 e. The molecule has 196 valence electrons. The molecule has 1 amide bonds. The molecule has 3 N–H and O–H groups in total. The van der Waals surface area contributed by atoms with Crippen molar-refractivity contribution in [2.45, 2.75) is 70.1 Å². The van der Waals surface area contributed by atoms with Gasteiger partial charge in [0.1, 0.15) is 10.7 Å².